The highest BCUT2D eigenvalue weighted by Gasteiger charge is 2.22. The Morgan fingerprint density at radius 2 is 1.91 bits per heavy atom. The van der Waals surface area contributed by atoms with Gasteiger partial charge in [-0.2, -0.15) is 0 Å². The first-order valence-corrected chi connectivity index (χ1v) is 11.2. The molecule has 1 aromatic rings. The summed E-state index contributed by atoms with van der Waals surface area (Å²) < 4.78 is 11.3. The number of benzene rings is 1. The van der Waals surface area contributed by atoms with Crippen molar-refractivity contribution >= 4 is 11.5 Å². The van der Waals surface area contributed by atoms with Gasteiger partial charge in [0.25, 0.3) is 0 Å². The molecule has 0 amide bonds. The topological polar surface area (TPSA) is 59.6 Å². The Morgan fingerprint density at radius 3 is 2.50 bits per heavy atom. The van der Waals surface area contributed by atoms with Gasteiger partial charge in [-0.1, -0.05) is 55.5 Å². The van der Waals surface area contributed by atoms with E-state index < -0.39 is 11.6 Å². The molecule has 0 aromatic heterocycles. The lowest BCUT2D eigenvalue weighted by Gasteiger charge is -2.26. The van der Waals surface area contributed by atoms with Gasteiger partial charge in [-0.3, -0.25) is 0 Å². The van der Waals surface area contributed by atoms with Crippen LogP contribution in [0, 0.1) is 0 Å². The summed E-state index contributed by atoms with van der Waals surface area (Å²) in [6.07, 6.45) is 9.31. The van der Waals surface area contributed by atoms with Gasteiger partial charge in [0.1, 0.15) is 18.2 Å². The lowest BCUT2D eigenvalue weighted by molar-refractivity contribution is -0.145. The van der Waals surface area contributed by atoms with Crippen molar-refractivity contribution in [2.24, 2.45) is 0 Å². The first-order valence-electron chi connectivity index (χ1n) is 11.2. The van der Waals surface area contributed by atoms with Crippen LogP contribution in [0.1, 0.15) is 59.9 Å². The molecule has 0 aliphatic carbocycles. The Morgan fingerprint density at radius 1 is 1.22 bits per heavy atom. The van der Waals surface area contributed by atoms with Crippen LogP contribution in [0.2, 0.25) is 0 Å². The summed E-state index contributed by atoms with van der Waals surface area (Å²) in [5, 5.41) is 6.38. The van der Waals surface area contributed by atoms with Crippen LogP contribution in [-0.4, -0.2) is 30.8 Å². The Labute approximate surface area is 194 Å². The van der Waals surface area contributed by atoms with Crippen LogP contribution in [0.4, 0.5) is 0 Å². The molecule has 176 valence electrons. The molecule has 0 heterocycles. The third-order valence-corrected chi connectivity index (χ3v) is 4.40. The molecule has 0 aliphatic heterocycles. The van der Waals surface area contributed by atoms with Gasteiger partial charge in [0.2, 0.25) is 0 Å². The minimum Gasteiger partial charge on any atom is -0.474 e. The maximum absolute atomic E-state index is 12.8. The first kappa shape index (κ1) is 27.1. The highest BCUT2D eigenvalue weighted by molar-refractivity contribution is 5.76. The molecular formula is C27H40N2O3. The first-order chi connectivity index (χ1) is 15.2. The van der Waals surface area contributed by atoms with Crippen LogP contribution in [0.3, 0.4) is 0 Å². The summed E-state index contributed by atoms with van der Waals surface area (Å²) in [6, 6.07) is 9.58. The van der Waals surface area contributed by atoms with E-state index in [0.717, 1.165) is 23.1 Å². The van der Waals surface area contributed by atoms with Gasteiger partial charge in [0.05, 0.1) is 0 Å². The van der Waals surface area contributed by atoms with E-state index in [4.69, 9.17) is 9.47 Å². The molecule has 2 N–H and O–H groups in total. The standard InChI is InChI=1S/C27H40N2O3/c1-8-13-23(14-9-2)20-31-26(30)25(29-22(4)32-27(5,6)7)17-18-28-19-21(3)24-15-11-10-12-16-24/h8,10-16,19,25,28-29H,4,9,17-18,20H2,1-3,5-7H3/b13-8-,21-19+,23-14+. The summed E-state index contributed by atoms with van der Waals surface area (Å²) in [4.78, 5) is 12.8. The van der Waals surface area contributed by atoms with Crippen LogP contribution in [0.15, 0.2) is 72.8 Å². The summed E-state index contributed by atoms with van der Waals surface area (Å²) in [6.45, 7) is 16.6. The van der Waals surface area contributed by atoms with Crippen molar-refractivity contribution in [2.45, 2.75) is 66.0 Å². The third kappa shape index (κ3) is 11.4. The Kier molecular flexibility index (Phi) is 12.0. The molecule has 1 rings (SSSR count). The zero-order chi connectivity index (χ0) is 24.0. The van der Waals surface area contributed by atoms with Gasteiger partial charge < -0.3 is 20.1 Å². The zero-order valence-corrected chi connectivity index (χ0v) is 20.5. The van der Waals surface area contributed by atoms with Crippen LogP contribution < -0.4 is 10.6 Å². The van der Waals surface area contributed by atoms with Gasteiger partial charge in [0.15, 0.2) is 5.88 Å². The minimum absolute atomic E-state index is 0.238. The maximum Gasteiger partial charge on any atom is 0.329 e. The van der Waals surface area contributed by atoms with Crippen LogP contribution in [0.25, 0.3) is 5.57 Å². The monoisotopic (exact) mass is 440 g/mol. The number of hydrogen-bond acceptors (Lipinski definition) is 5. The molecule has 0 saturated heterocycles. The third-order valence-electron chi connectivity index (χ3n) is 4.40. The molecule has 0 fully saturated rings. The molecule has 0 spiro atoms. The van der Waals surface area contributed by atoms with Crippen LogP contribution in [-0.2, 0) is 14.3 Å². The normalized spacial score (nSPS) is 13.6. The molecule has 1 aromatic carbocycles. The number of hydrogen-bond donors (Lipinski definition) is 2. The SMILES string of the molecule is C=C(NC(CCN/C=C(\C)c1ccccc1)C(=O)OCC(/C=C\C)=C/CC)OC(C)(C)C. The average molecular weight is 441 g/mol. The van der Waals surface area contributed by atoms with Gasteiger partial charge in [-0.15, -0.1) is 0 Å². The molecule has 0 saturated carbocycles. The number of allylic oxidation sites excluding steroid dienone is 3. The molecule has 1 atom stereocenters. The van der Waals surface area contributed by atoms with Gasteiger partial charge in [-0.25, -0.2) is 4.79 Å². The Hall–Kier alpha value is -2.95. The van der Waals surface area contributed by atoms with Crippen molar-refractivity contribution in [3.8, 4) is 0 Å². The van der Waals surface area contributed by atoms with E-state index in [-0.39, 0.29) is 12.6 Å². The molecule has 5 heteroatoms. The quantitative estimate of drug-likeness (QED) is 0.178. The highest BCUT2D eigenvalue weighted by atomic mass is 16.5. The summed E-state index contributed by atoms with van der Waals surface area (Å²) in [7, 11) is 0. The van der Waals surface area contributed by atoms with E-state index in [1.54, 1.807) is 0 Å². The maximum atomic E-state index is 12.8. The fraction of sp³-hybridized carbons (Fsp3) is 0.444. The second-order valence-corrected chi connectivity index (χ2v) is 8.57. The fourth-order valence-corrected chi connectivity index (χ4v) is 2.99. The van der Waals surface area contributed by atoms with E-state index in [2.05, 4.69) is 42.3 Å². The van der Waals surface area contributed by atoms with E-state index in [9.17, 15) is 4.79 Å². The predicted molar refractivity (Wildman–Crippen MR) is 134 cm³/mol. The van der Waals surface area contributed by atoms with Gasteiger partial charge in [0, 0.05) is 6.54 Å². The number of ether oxygens (including phenoxy) is 2. The highest BCUT2D eigenvalue weighted by Crippen LogP contribution is 2.13. The number of rotatable bonds is 13. The lowest BCUT2D eigenvalue weighted by Crippen LogP contribution is -2.41. The Bertz CT molecular complexity index is 802. The van der Waals surface area contributed by atoms with Crippen molar-refractivity contribution in [3.05, 3.63) is 78.4 Å². The number of carbonyl (C=O) groups is 1. The van der Waals surface area contributed by atoms with E-state index >= 15 is 0 Å². The zero-order valence-electron chi connectivity index (χ0n) is 20.5. The van der Waals surface area contributed by atoms with Gasteiger partial charge >= 0.3 is 5.97 Å². The number of carbonyl (C=O) groups excluding carboxylic acids is 1. The average Bonchev–Trinajstić information content (AvgIpc) is 2.73. The molecule has 0 aliphatic rings. The number of esters is 1. The number of nitrogens with one attached hydrogen (secondary N) is 2. The van der Waals surface area contributed by atoms with E-state index in [0.29, 0.717) is 18.8 Å². The van der Waals surface area contributed by atoms with Crippen molar-refractivity contribution in [1.82, 2.24) is 10.6 Å². The molecular weight excluding hydrogens is 400 g/mol. The molecule has 1 unspecified atom stereocenters. The molecule has 32 heavy (non-hydrogen) atoms. The van der Waals surface area contributed by atoms with E-state index in [1.165, 1.54) is 0 Å². The summed E-state index contributed by atoms with van der Waals surface area (Å²) in [5.74, 6) is 0.0222. The largest absolute Gasteiger partial charge is 0.474 e. The summed E-state index contributed by atoms with van der Waals surface area (Å²) in [5.41, 5.74) is 2.85. The van der Waals surface area contributed by atoms with Crippen molar-refractivity contribution < 1.29 is 14.3 Å². The van der Waals surface area contributed by atoms with Crippen molar-refractivity contribution in [3.63, 3.8) is 0 Å². The second kappa shape index (κ2) is 14.2. The predicted octanol–water partition coefficient (Wildman–Crippen LogP) is 5.73. The fourth-order valence-electron chi connectivity index (χ4n) is 2.99. The molecule has 5 nitrogen and oxygen atoms in total. The molecule has 0 bridgehead atoms. The van der Waals surface area contributed by atoms with Crippen LogP contribution in [0.5, 0.6) is 0 Å². The van der Waals surface area contributed by atoms with Crippen molar-refractivity contribution in [1.29, 1.82) is 0 Å². The smallest absolute Gasteiger partial charge is 0.329 e. The van der Waals surface area contributed by atoms with Gasteiger partial charge in [-0.05, 0) is 76.9 Å². The molecule has 0 radical (unpaired) electrons. The Balaban J connectivity index is 2.75. The lowest BCUT2D eigenvalue weighted by atomic mass is 10.1. The van der Waals surface area contributed by atoms with Crippen molar-refractivity contribution in [2.75, 3.05) is 13.2 Å². The summed E-state index contributed by atoms with van der Waals surface area (Å²) >= 11 is 0. The van der Waals surface area contributed by atoms with E-state index in [1.807, 2.05) is 71.2 Å². The second-order valence-electron chi connectivity index (χ2n) is 8.57. The van der Waals surface area contributed by atoms with Crippen LogP contribution >= 0.6 is 0 Å². The minimum atomic E-state index is -0.573.